The van der Waals surface area contributed by atoms with Gasteiger partial charge in [0.05, 0.1) is 5.54 Å². The minimum atomic E-state index is -0.155. The van der Waals surface area contributed by atoms with Crippen LogP contribution in [0.25, 0.3) is 0 Å². The van der Waals surface area contributed by atoms with Crippen molar-refractivity contribution in [1.29, 1.82) is 0 Å². The molecule has 0 saturated carbocycles. The third kappa shape index (κ3) is 1.97. The Morgan fingerprint density at radius 3 is 3.00 bits per heavy atom. The summed E-state index contributed by atoms with van der Waals surface area (Å²) in [7, 11) is 1.67. The zero-order chi connectivity index (χ0) is 11.6. The van der Waals surface area contributed by atoms with E-state index in [0.717, 1.165) is 25.8 Å². The average Bonchev–Trinajstić information content (AvgIpc) is 2.90. The van der Waals surface area contributed by atoms with Crippen LogP contribution in [-0.2, 0) is 10.3 Å². The fraction of sp³-hybridized carbons (Fsp3) is 0.818. The number of hydrogen-bond acceptors (Lipinski definition) is 5. The van der Waals surface area contributed by atoms with Crippen LogP contribution >= 0.6 is 0 Å². The Hall–Kier alpha value is -0.940. The molecule has 5 heteroatoms. The van der Waals surface area contributed by atoms with Gasteiger partial charge in [-0.2, -0.15) is 4.98 Å². The fourth-order valence-electron chi connectivity index (χ4n) is 2.12. The van der Waals surface area contributed by atoms with Crippen LogP contribution in [0, 0.1) is 0 Å². The van der Waals surface area contributed by atoms with E-state index in [4.69, 9.17) is 9.26 Å². The fourth-order valence-corrected chi connectivity index (χ4v) is 2.12. The third-order valence-corrected chi connectivity index (χ3v) is 3.23. The highest BCUT2D eigenvalue weighted by Gasteiger charge is 2.36. The molecule has 2 rings (SSSR count). The van der Waals surface area contributed by atoms with Crippen molar-refractivity contribution in [3.63, 3.8) is 0 Å². The Morgan fingerprint density at radius 2 is 2.44 bits per heavy atom. The smallest absolute Gasteiger partial charge is 0.246 e. The lowest BCUT2D eigenvalue weighted by Crippen LogP contribution is -2.33. The first-order valence-corrected chi connectivity index (χ1v) is 5.81. The molecule has 1 N–H and O–H groups in total. The summed E-state index contributed by atoms with van der Waals surface area (Å²) in [5.41, 5.74) is -0.155. The van der Waals surface area contributed by atoms with Crippen LogP contribution in [-0.4, -0.2) is 23.8 Å². The summed E-state index contributed by atoms with van der Waals surface area (Å²) in [4.78, 5) is 4.44. The summed E-state index contributed by atoms with van der Waals surface area (Å²) in [5, 5.41) is 7.40. The predicted molar refractivity (Wildman–Crippen MR) is 58.9 cm³/mol. The average molecular weight is 225 g/mol. The molecule has 0 bridgehead atoms. The van der Waals surface area contributed by atoms with Gasteiger partial charge in [0, 0.05) is 7.11 Å². The molecule has 90 valence electrons. The van der Waals surface area contributed by atoms with Gasteiger partial charge in [0.25, 0.3) is 0 Å². The van der Waals surface area contributed by atoms with E-state index in [1.807, 2.05) is 6.92 Å². The zero-order valence-corrected chi connectivity index (χ0v) is 10.1. The maximum Gasteiger partial charge on any atom is 0.246 e. The van der Waals surface area contributed by atoms with Crippen LogP contribution in [0.3, 0.4) is 0 Å². The van der Waals surface area contributed by atoms with Crippen LogP contribution in [0.15, 0.2) is 4.52 Å². The number of rotatable bonds is 4. The van der Waals surface area contributed by atoms with Crippen LogP contribution in [0.5, 0.6) is 0 Å². The standard InChI is InChI=1S/C11H19N3O2/c1-4-8(15-3)9-13-10(16-14-9)11(2)6-5-7-12-11/h8,12H,4-7H2,1-3H3. The van der Waals surface area contributed by atoms with E-state index in [1.165, 1.54) is 0 Å². The molecule has 0 spiro atoms. The van der Waals surface area contributed by atoms with Crippen molar-refractivity contribution in [2.24, 2.45) is 0 Å². The second kappa shape index (κ2) is 4.51. The van der Waals surface area contributed by atoms with Crippen molar-refractivity contribution >= 4 is 0 Å². The first-order valence-electron chi connectivity index (χ1n) is 5.81. The van der Waals surface area contributed by atoms with Gasteiger partial charge in [-0.1, -0.05) is 12.1 Å². The lowest BCUT2D eigenvalue weighted by atomic mass is 10.0. The second-order valence-electron chi connectivity index (χ2n) is 4.45. The quantitative estimate of drug-likeness (QED) is 0.846. The van der Waals surface area contributed by atoms with Crippen LogP contribution in [0.1, 0.15) is 50.9 Å². The molecule has 0 aromatic carbocycles. The molecule has 0 radical (unpaired) electrons. The molecule has 0 aliphatic carbocycles. The molecule has 1 aromatic rings. The number of ether oxygens (including phenoxy) is 1. The van der Waals surface area contributed by atoms with Gasteiger partial charge >= 0.3 is 0 Å². The second-order valence-corrected chi connectivity index (χ2v) is 4.45. The van der Waals surface area contributed by atoms with E-state index < -0.39 is 0 Å². The number of aromatic nitrogens is 2. The van der Waals surface area contributed by atoms with Gasteiger partial charge in [-0.15, -0.1) is 0 Å². The summed E-state index contributed by atoms with van der Waals surface area (Å²) < 4.78 is 10.6. The SMILES string of the molecule is CCC(OC)c1noc(C2(C)CCCN2)n1. The first-order chi connectivity index (χ1) is 7.69. The van der Waals surface area contributed by atoms with Crippen molar-refractivity contribution < 1.29 is 9.26 Å². The van der Waals surface area contributed by atoms with Crippen molar-refractivity contribution in [1.82, 2.24) is 15.5 Å². The van der Waals surface area contributed by atoms with Crippen molar-refractivity contribution in [2.45, 2.75) is 44.8 Å². The molecule has 2 atom stereocenters. The number of nitrogens with one attached hydrogen (secondary N) is 1. The molecule has 1 aromatic heterocycles. The van der Waals surface area contributed by atoms with E-state index >= 15 is 0 Å². The van der Waals surface area contributed by atoms with E-state index in [0.29, 0.717) is 11.7 Å². The number of hydrogen-bond donors (Lipinski definition) is 1. The molecule has 1 aliphatic rings. The Kier molecular flexibility index (Phi) is 3.25. The molecule has 1 saturated heterocycles. The predicted octanol–water partition coefficient (Wildman–Crippen LogP) is 1.77. The topological polar surface area (TPSA) is 60.2 Å². The summed E-state index contributed by atoms with van der Waals surface area (Å²) in [5.74, 6) is 1.32. The summed E-state index contributed by atoms with van der Waals surface area (Å²) in [6.45, 7) is 5.15. The molecule has 16 heavy (non-hydrogen) atoms. The molecule has 2 unspecified atom stereocenters. The first kappa shape index (κ1) is 11.5. The minimum absolute atomic E-state index is 0.0671. The van der Waals surface area contributed by atoms with E-state index in [-0.39, 0.29) is 11.6 Å². The van der Waals surface area contributed by atoms with Crippen molar-refractivity contribution in [2.75, 3.05) is 13.7 Å². The normalized spacial score (nSPS) is 27.2. The van der Waals surface area contributed by atoms with Crippen molar-refractivity contribution in [3.8, 4) is 0 Å². The lowest BCUT2D eigenvalue weighted by molar-refractivity contribution is 0.0903. The molecular formula is C11H19N3O2. The van der Waals surface area contributed by atoms with Crippen LogP contribution in [0.4, 0.5) is 0 Å². The van der Waals surface area contributed by atoms with Gasteiger partial charge in [0.1, 0.15) is 6.10 Å². The molecule has 2 heterocycles. The monoisotopic (exact) mass is 225 g/mol. The molecule has 1 fully saturated rings. The minimum Gasteiger partial charge on any atom is -0.373 e. The van der Waals surface area contributed by atoms with Gasteiger partial charge in [-0.25, -0.2) is 0 Å². The Morgan fingerprint density at radius 1 is 1.62 bits per heavy atom. The Labute approximate surface area is 95.6 Å². The summed E-state index contributed by atoms with van der Waals surface area (Å²) in [6, 6.07) is 0. The van der Waals surface area contributed by atoms with E-state index in [2.05, 4.69) is 22.4 Å². The van der Waals surface area contributed by atoms with Crippen LogP contribution in [0.2, 0.25) is 0 Å². The van der Waals surface area contributed by atoms with Gasteiger partial charge in [-0.05, 0) is 32.7 Å². The molecule has 5 nitrogen and oxygen atoms in total. The highest BCUT2D eigenvalue weighted by Crippen LogP contribution is 2.30. The van der Waals surface area contributed by atoms with Gasteiger partial charge < -0.3 is 14.6 Å². The largest absolute Gasteiger partial charge is 0.373 e. The Bertz CT molecular complexity index is 341. The summed E-state index contributed by atoms with van der Waals surface area (Å²) in [6.07, 6.45) is 2.97. The maximum atomic E-state index is 5.33. The highest BCUT2D eigenvalue weighted by atomic mass is 16.5. The van der Waals surface area contributed by atoms with Gasteiger partial charge in [-0.3, -0.25) is 0 Å². The lowest BCUT2D eigenvalue weighted by Gasteiger charge is -2.18. The van der Waals surface area contributed by atoms with Crippen LogP contribution < -0.4 is 5.32 Å². The summed E-state index contributed by atoms with van der Waals surface area (Å²) >= 11 is 0. The zero-order valence-electron chi connectivity index (χ0n) is 10.1. The molecule has 0 amide bonds. The van der Waals surface area contributed by atoms with E-state index in [1.54, 1.807) is 7.11 Å². The number of nitrogens with zero attached hydrogens (tertiary/aromatic N) is 2. The maximum absolute atomic E-state index is 5.33. The highest BCUT2D eigenvalue weighted by molar-refractivity contribution is 5.05. The molecular weight excluding hydrogens is 206 g/mol. The van der Waals surface area contributed by atoms with Gasteiger partial charge in [0.15, 0.2) is 0 Å². The number of methoxy groups -OCH3 is 1. The molecule has 1 aliphatic heterocycles. The van der Waals surface area contributed by atoms with Gasteiger partial charge in [0.2, 0.25) is 11.7 Å². The van der Waals surface area contributed by atoms with E-state index in [9.17, 15) is 0 Å². The third-order valence-electron chi connectivity index (χ3n) is 3.23. The van der Waals surface area contributed by atoms with Crippen molar-refractivity contribution in [3.05, 3.63) is 11.7 Å². The Balaban J connectivity index is 2.18.